The number of likely N-dealkylation sites (N-methyl/N-ethyl adjacent to an activating group) is 1. The van der Waals surface area contributed by atoms with Crippen LogP contribution in [0.25, 0.3) is 10.9 Å². The Morgan fingerprint density at radius 1 is 1.00 bits per heavy atom. The first-order valence-electron chi connectivity index (χ1n) is 8.00. The highest BCUT2D eigenvalue weighted by atomic mass is 16.5. The van der Waals surface area contributed by atoms with Crippen molar-refractivity contribution in [1.82, 2.24) is 9.47 Å². The van der Waals surface area contributed by atoms with Crippen LogP contribution in [0.2, 0.25) is 0 Å². The number of ether oxygens (including phenoxy) is 1. The van der Waals surface area contributed by atoms with E-state index in [1.807, 2.05) is 54.1 Å². The van der Waals surface area contributed by atoms with Crippen molar-refractivity contribution in [2.75, 3.05) is 14.1 Å². The van der Waals surface area contributed by atoms with Crippen LogP contribution in [-0.4, -0.2) is 35.4 Å². The molecule has 0 N–H and O–H groups in total. The lowest BCUT2D eigenvalue weighted by molar-refractivity contribution is -0.138. The molecule has 5 heteroatoms. The quantitative estimate of drug-likeness (QED) is 0.688. The van der Waals surface area contributed by atoms with Crippen molar-refractivity contribution in [3.05, 3.63) is 71.9 Å². The van der Waals surface area contributed by atoms with Gasteiger partial charge in [0.15, 0.2) is 0 Å². The molecule has 0 aliphatic heterocycles. The van der Waals surface area contributed by atoms with Crippen LogP contribution in [0.1, 0.15) is 22.0 Å². The number of esters is 1. The molecule has 2 aromatic carbocycles. The first kappa shape index (κ1) is 16.8. The molecule has 5 nitrogen and oxygen atoms in total. The molecule has 1 amide bonds. The van der Waals surface area contributed by atoms with Crippen LogP contribution in [-0.2, 0) is 16.6 Å². The summed E-state index contributed by atoms with van der Waals surface area (Å²) < 4.78 is 7.50. The fourth-order valence-electron chi connectivity index (χ4n) is 2.80. The lowest BCUT2D eigenvalue weighted by atomic mass is 10.1. The van der Waals surface area contributed by atoms with Gasteiger partial charge in [0, 0.05) is 43.8 Å². The van der Waals surface area contributed by atoms with Gasteiger partial charge in [-0.3, -0.25) is 4.79 Å². The summed E-state index contributed by atoms with van der Waals surface area (Å²) in [6.07, 6.45) is 0.762. The first-order valence-corrected chi connectivity index (χ1v) is 8.00. The van der Waals surface area contributed by atoms with Crippen LogP contribution in [0.5, 0.6) is 0 Å². The molecule has 0 aliphatic rings. The number of benzene rings is 2. The molecule has 1 atom stereocenters. The Bertz CT molecular complexity index is 913. The van der Waals surface area contributed by atoms with Gasteiger partial charge in [0.2, 0.25) is 6.10 Å². The Morgan fingerprint density at radius 3 is 2.32 bits per heavy atom. The zero-order valence-corrected chi connectivity index (χ0v) is 14.5. The minimum atomic E-state index is -0.970. The maximum absolute atomic E-state index is 12.8. The summed E-state index contributed by atoms with van der Waals surface area (Å²) in [6.45, 7) is 0. The summed E-state index contributed by atoms with van der Waals surface area (Å²) in [5, 5.41) is 0.805. The molecular formula is C20H20N2O3. The monoisotopic (exact) mass is 336 g/mol. The second kappa shape index (κ2) is 6.81. The second-order valence-corrected chi connectivity index (χ2v) is 6.10. The SMILES string of the molecule is CN(C)C(=O)[C@H](OC(=O)c1cn(C)c2ccccc12)c1ccccc1. The third-order valence-electron chi connectivity index (χ3n) is 4.11. The number of hydrogen-bond donors (Lipinski definition) is 0. The first-order chi connectivity index (χ1) is 12.0. The Balaban J connectivity index is 1.96. The Morgan fingerprint density at radius 2 is 1.64 bits per heavy atom. The lowest BCUT2D eigenvalue weighted by Crippen LogP contribution is -2.31. The number of amides is 1. The number of hydrogen-bond acceptors (Lipinski definition) is 3. The number of fused-ring (bicyclic) bond motifs is 1. The fourth-order valence-corrected chi connectivity index (χ4v) is 2.80. The van der Waals surface area contributed by atoms with E-state index in [-0.39, 0.29) is 5.91 Å². The summed E-state index contributed by atoms with van der Waals surface area (Å²) >= 11 is 0. The average Bonchev–Trinajstić information content (AvgIpc) is 2.97. The van der Waals surface area contributed by atoms with Gasteiger partial charge in [-0.1, -0.05) is 48.5 Å². The molecule has 0 spiro atoms. The van der Waals surface area contributed by atoms with Crippen LogP contribution >= 0.6 is 0 Å². The minimum Gasteiger partial charge on any atom is -0.444 e. The van der Waals surface area contributed by atoms with Gasteiger partial charge in [-0.05, 0) is 6.07 Å². The summed E-state index contributed by atoms with van der Waals surface area (Å²) in [7, 11) is 5.16. The van der Waals surface area contributed by atoms with Gasteiger partial charge < -0.3 is 14.2 Å². The zero-order chi connectivity index (χ0) is 18.0. The molecule has 0 fully saturated rings. The summed E-state index contributed by atoms with van der Waals surface area (Å²) in [5.41, 5.74) is 2.03. The molecule has 1 aromatic heterocycles. The predicted molar refractivity (Wildman–Crippen MR) is 96.2 cm³/mol. The van der Waals surface area contributed by atoms with E-state index < -0.39 is 12.1 Å². The van der Waals surface area contributed by atoms with Gasteiger partial charge >= 0.3 is 5.97 Å². The number of aryl methyl sites for hydroxylation is 1. The molecule has 3 rings (SSSR count). The van der Waals surface area contributed by atoms with Crippen LogP contribution < -0.4 is 0 Å². The Kier molecular flexibility index (Phi) is 4.57. The maximum atomic E-state index is 12.8. The van der Waals surface area contributed by atoms with E-state index in [0.717, 1.165) is 10.9 Å². The topological polar surface area (TPSA) is 51.5 Å². The number of carbonyl (C=O) groups excluding carboxylic acids is 2. The van der Waals surface area contributed by atoms with Crippen molar-refractivity contribution < 1.29 is 14.3 Å². The summed E-state index contributed by atoms with van der Waals surface area (Å²) in [6, 6.07) is 16.6. The van der Waals surface area contributed by atoms with Crippen molar-refractivity contribution in [2.24, 2.45) is 7.05 Å². The Labute approximate surface area is 146 Å². The van der Waals surface area contributed by atoms with Crippen LogP contribution in [0.4, 0.5) is 0 Å². The van der Waals surface area contributed by atoms with Crippen molar-refractivity contribution in [1.29, 1.82) is 0 Å². The van der Waals surface area contributed by atoms with Gasteiger partial charge in [0.1, 0.15) is 0 Å². The summed E-state index contributed by atoms with van der Waals surface area (Å²) in [4.78, 5) is 26.7. The molecule has 0 unspecified atom stereocenters. The van der Waals surface area contributed by atoms with Gasteiger partial charge in [-0.2, -0.15) is 0 Å². The highest BCUT2D eigenvalue weighted by molar-refractivity contribution is 6.05. The lowest BCUT2D eigenvalue weighted by Gasteiger charge is -2.21. The molecule has 0 saturated heterocycles. The van der Waals surface area contributed by atoms with Crippen molar-refractivity contribution >= 4 is 22.8 Å². The predicted octanol–water partition coefficient (Wildman–Crippen LogP) is 3.16. The van der Waals surface area contributed by atoms with Gasteiger partial charge in [0.25, 0.3) is 5.91 Å². The van der Waals surface area contributed by atoms with Crippen LogP contribution in [0, 0.1) is 0 Å². The second-order valence-electron chi connectivity index (χ2n) is 6.10. The largest absolute Gasteiger partial charge is 0.444 e. The number of rotatable bonds is 4. The number of carbonyl (C=O) groups is 2. The molecule has 0 saturated carbocycles. The molecule has 0 bridgehead atoms. The van der Waals surface area contributed by atoms with Crippen molar-refractivity contribution in [3.8, 4) is 0 Å². The molecule has 0 radical (unpaired) electrons. The molecule has 1 heterocycles. The number of para-hydroxylation sites is 1. The highest BCUT2D eigenvalue weighted by Crippen LogP contribution is 2.25. The highest BCUT2D eigenvalue weighted by Gasteiger charge is 2.28. The molecule has 25 heavy (non-hydrogen) atoms. The third kappa shape index (κ3) is 3.26. The van der Waals surface area contributed by atoms with E-state index in [1.54, 1.807) is 32.4 Å². The molecule has 128 valence electrons. The Hall–Kier alpha value is -3.08. The van der Waals surface area contributed by atoms with E-state index in [9.17, 15) is 9.59 Å². The number of nitrogens with zero attached hydrogens (tertiary/aromatic N) is 2. The molecule has 0 aliphatic carbocycles. The van der Waals surface area contributed by atoms with E-state index in [2.05, 4.69) is 0 Å². The maximum Gasteiger partial charge on any atom is 0.341 e. The average molecular weight is 336 g/mol. The molecular weight excluding hydrogens is 316 g/mol. The standard InChI is InChI=1S/C20H20N2O3/c1-21(2)19(23)18(14-9-5-4-6-10-14)25-20(24)16-13-22(3)17-12-8-7-11-15(16)17/h4-13,18H,1-3H3/t18-/m1/s1. The van der Waals surface area contributed by atoms with Crippen LogP contribution in [0.3, 0.4) is 0 Å². The zero-order valence-electron chi connectivity index (χ0n) is 14.5. The van der Waals surface area contributed by atoms with Crippen LogP contribution in [0.15, 0.2) is 60.8 Å². The smallest absolute Gasteiger partial charge is 0.341 e. The van der Waals surface area contributed by atoms with E-state index in [1.165, 1.54) is 4.90 Å². The van der Waals surface area contributed by atoms with Gasteiger partial charge in [0.05, 0.1) is 5.56 Å². The van der Waals surface area contributed by atoms with Crippen molar-refractivity contribution in [2.45, 2.75) is 6.10 Å². The molecule has 3 aromatic rings. The van der Waals surface area contributed by atoms with Crippen molar-refractivity contribution in [3.63, 3.8) is 0 Å². The third-order valence-corrected chi connectivity index (χ3v) is 4.11. The van der Waals surface area contributed by atoms with Gasteiger partial charge in [-0.25, -0.2) is 4.79 Å². The van der Waals surface area contributed by atoms with E-state index in [4.69, 9.17) is 4.74 Å². The van der Waals surface area contributed by atoms with E-state index >= 15 is 0 Å². The fraction of sp³-hybridized carbons (Fsp3) is 0.200. The summed E-state index contributed by atoms with van der Waals surface area (Å²) in [5.74, 6) is -0.791. The number of aromatic nitrogens is 1. The minimum absolute atomic E-state index is 0.278. The van der Waals surface area contributed by atoms with E-state index in [0.29, 0.717) is 11.1 Å². The normalized spacial score (nSPS) is 12.0. The van der Waals surface area contributed by atoms with Gasteiger partial charge in [-0.15, -0.1) is 0 Å².